The van der Waals surface area contributed by atoms with Gasteiger partial charge in [0.25, 0.3) is 0 Å². The van der Waals surface area contributed by atoms with Crippen molar-refractivity contribution in [2.24, 2.45) is 0 Å². The Morgan fingerprint density at radius 2 is 1.83 bits per heavy atom. The Hall–Kier alpha value is -2.85. The molecule has 0 bridgehead atoms. The minimum atomic E-state index is -0.460. The summed E-state index contributed by atoms with van der Waals surface area (Å²) in [6.07, 6.45) is 0. The van der Waals surface area contributed by atoms with E-state index in [1.165, 1.54) is 35.8 Å². The van der Waals surface area contributed by atoms with Crippen LogP contribution in [-0.2, 0) is 28.1 Å². The van der Waals surface area contributed by atoms with Crippen LogP contribution in [-0.4, -0.2) is 39.5 Å². The molecule has 0 radical (unpaired) electrons. The van der Waals surface area contributed by atoms with E-state index in [4.69, 9.17) is 9.47 Å². The van der Waals surface area contributed by atoms with Gasteiger partial charge >= 0.3 is 5.97 Å². The lowest BCUT2D eigenvalue weighted by Crippen LogP contribution is -2.16. The number of nitrogens with zero attached hydrogens (tertiary/aromatic N) is 3. The summed E-state index contributed by atoms with van der Waals surface area (Å²) in [5.41, 5.74) is 2.54. The lowest BCUT2D eigenvalue weighted by atomic mass is 9.87. The van der Waals surface area contributed by atoms with Crippen molar-refractivity contribution in [3.8, 4) is 5.75 Å². The molecule has 2 aromatic heterocycles. The normalized spacial score (nSPS) is 11.4. The molecular weight excluding hydrogens is 484 g/mol. The first-order chi connectivity index (χ1) is 16.5. The second-order valence-corrected chi connectivity index (χ2v) is 11.2. The molecule has 0 aliphatic heterocycles. The molecule has 1 amide bonds. The van der Waals surface area contributed by atoms with Crippen LogP contribution in [0.1, 0.15) is 59.9 Å². The second-order valence-electron chi connectivity index (χ2n) is 9.02. The maximum atomic E-state index is 12.6. The Labute approximate surface area is 214 Å². The molecule has 0 atom stereocenters. The highest BCUT2D eigenvalue weighted by Crippen LogP contribution is 2.33. The number of benzene rings is 1. The fourth-order valence-corrected chi connectivity index (χ4v) is 5.29. The van der Waals surface area contributed by atoms with Crippen LogP contribution in [0.4, 0.5) is 5.00 Å². The van der Waals surface area contributed by atoms with E-state index in [0.717, 1.165) is 16.2 Å². The van der Waals surface area contributed by atoms with Gasteiger partial charge < -0.3 is 19.4 Å². The molecule has 0 spiro atoms. The molecule has 3 aromatic rings. The summed E-state index contributed by atoms with van der Waals surface area (Å²) in [5, 5.41) is 12.5. The molecule has 10 heteroatoms. The first-order valence-corrected chi connectivity index (χ1v) is 13.1. The summed E-state index contributed by atoms with van der Waals surface area (Å²) in [6.45, 7) is 13.2. The van der Waals surface area contributed by atoms with E-state index in [-0.39, 0.29) is 23.7 Å². The van der Waals surface area contributed by atoms with Crippen molar-refractivity contribution in [1.82, 2.24) is 14.8 Å². The van der Waals surface area contributed by atoms with Crippen LogP contribution in [0.5, 0.6) is 5.75 Å². The zero-order chi connectivity index (χ0) is 25.8. The van der Waals surface area contributed by atoms with Gasteiger partial charge in [0.05, 0.1) is 18.4 Å². The van der Waals surface area contributed by atoms with Gasteiger partial charge in [-0.2, -0.15) is 0 Å². The van der Waals surface area contributed by atoms with Gasteiger partial charge in [0, 0.05) is 11.4 Å². The number of amides is 1. The van der Waals surface area contributed by atoms with Crippen LogP contribution < -0.4 is 10.1 Å². The van der Waals surface area contributed by atoms with Crippen molar-refractivity contribution in [2.45, 2.75) is 65.3 Å². The third-order valence-corrected chi connectivity index (χ3v) is 7.65. The van der Waals surface area contributed by atoms with Crippen LogP contribution >= 0.6 is 23.1 Å². The van der Waals surface area contributed by atoms with Crippen molar-refractivity contribution in [1.29, 1.82) is 0 Å². The smallest absolute Gasteiger partial charge is 0.341 e. The van der Waals surface area contributed by atoms with Gasteiger partial charge in [-0.05, 0) is 49.4 Å². The highest BCUT2D eigenvalue weighted by molar-refractivity contribution is 7.99. The van der Waals surface area contributed by atoms with Crippen molar-refractivity contribution in [3.63, 3.8) is 0 Å². The van der Waals surface area contributed by atoms with Crippen molar-refractivity contribution in [3.05, 3.63) is 51.7 Å². The number of hydrogen-bond donors (Lipinski definition) is 1. The van der Waals surface area contributed by atoms with Crippen molar-refractivity contribution in [2.75, 3.05) is 18.2 Å². The van der Waals surface area contributed by atoms with E-state index in [1.54, 1.807) is 0 Å². The molecule has 1 aromatic carbocycles. The van der Waals surface area contributed by atoms with E-state index < -0.39 is 5.97 Å². The predicted octanol–water partition coefficient (Wildman–Crippen LogP) is 5.37. The second kappa shape index (κ2) is 11.3. The van der Waals surface area contributed by atoms with E-state index in [0.29, 0.717) is 28.1 Å². The molecule has 188 valence electrons. The summed E-state index contributed by atoms with van der Waals surface area (Å²) < 4.78 is 12.7. The van der Waals surface area contributed by atoms with Crippen LogP contribution in [0.3, 0.4) is 0 Å². The maximum Gasteiger partial charge on any atom is 0.341 e. The van der Waals surface area contributed by atoms with Crippen LogP contribution in [0.15, 0.2) is 29.4 Å². The molecule has 8 nitrogen and oxygen atoms in total. The number of carbonyl (C=O) groups is 2. The van der Waals surface area contributed by atoms with E-state index >= 15 is 0 Å². The molecule has 0 unspecified atom stereocenters. The number of carbonyl (C=O) groups excluding carboxylic acids is 2. The Morgan fingerprint density at radius 1 is 1.14 bits per heavy atom. The number of aryl methyl sites for hydroxylation is 1. The largest absolute Gasteiger partial charge is 0.486 e. The van der Waals surface area contributed by atoms with Gasteiger partial charge in [-0.1, -0.05) is 44.7 Å². The van der Waals surface area contributed by atoms with Gasteiger partial charge in [0.2, 0.25) is 5.91 Å². The zero-order valence-electron chi connectivity index (χ0n) is 21.2. The number of esters is 1. The quantitative estimate of drug-likeness (QED) is 0.302. The monoisotopic (exact) mass is 516 g/mol. The number of rotatable bonds is 9. The molecule has 0 aliphatic carbocycles. The predicted molar refractivity (Wildman–Crippen MR) is 140 cm³/mol. The summed E-state index contributed by atoms with van der Waals surface area (Å²) in [7, 11) is 1.33. The molecule has 3 rings (SSSR count). The van der Waals surface area contributed by atoms with Gasteiger partial charge in [0.15, 0.2) is 11.0 Å². The summed E-state index contributed by atoms with van der Waals surface area (Å²) in [5.74, 6) is 0.888. The first-order valence-electron chi connectivity index (χ1n) is 11.3. The summed E-state index contributed by atoms with van der Waals surface area (Å²) in [6, 6.07) is 8.07. The molecule has 2 heterocycles. The number of ether oxygens (including phenoxy) is 2. The maximum absolute atomic E-state index is 12.6. The fraction of sp³-hybridized carbons (Fsp3) is 0.440. The van der Waals surface area contributed by atoms with Gasteiger partial charge in [-0.25, -0.2) is 4.79 Å². The molecular formula is C25H32N4O4S2. The molecule has 1 N–H and O–H groups in total. The van der Waals surface area contributed by atoms with Crippen molar-refractivity contribution >= 4 is 40.0 Å². The Morgan fingerprint density at radius 3 is 2.43 bits per heavy atom. The molecule has 0 saturated carbocycles. The number of thioether (sulfide) groups is 1. The number of nitrogens with one attached hydrogen (secondary N) is 1. The average molecular weight is 517 g/mol. The minimum Gasteiger partial charge on any atom is -0.486 e. The average Bonchev–Trinajstić information content (AvgIpc) is 3.34. The Bertz CT molecular complexity index is 1190. The summed E-state index contributed by atoms with van der Waals surface area (Å²) in [4.78, 5) is 25.7. The zero-order valence-corrected chi connectivity index (χ0v) is 22.9. The van der Waals surface area contributed by atoms with Crippen LogP contribution in [0, 0.1) is 13.8 Å². The fourth-order valence-electron chi connectivity index (χ4n) is 3.40. The van der Waals surface area contributed by atoms with Gasteiger partial charge in [0.1, 0.15) is 17.4 Å². The number of aromatic nitrogens is 3. The number of thiophene rings is 1. The van der Waals surface area contributed by atoms with Gasteiger partial charge in [-0.15, -0.1) is 21.5 Å². The van der Waals surface area contributed by atoms with Crippen LogP contribution in [0.25, 0.3) is 0 Å². The van der Waals surface area contributed by atoms with E-state index in [2.05, 4.69) is 48.4 Å². The van der Waals surface area contributed by atoms with Gasteiger partial charge in [-0.3, -0.25) is 4.79 Å². The van der Waals surface area contributed by atoms with Crippen molar-refractivity contribution < 1.29 is 19.1 Å². The van der Waals surface area contributed by atoms with E-state index in [1.807, 2.05) is 37.5 Å². The highest BCUT2D eigenvalue weighted by Gasteiger charge is 2.22. The molecule has 35 heavy (non-hydrogen) atoms. The number of anilines is 1. The minimum absolute atomic E-state index is 0.0847. The first kappa shape index (κ1) is 26.7. The topological polar surface area (TPSA) is 95.3 Å². The molecule has 0 fully saturated rings. The standard InChI is InChI=1S/C25H32N4O4S2/c1-8-29-19(13-33-18-11-9-17(10-12-18)25(4,5)6)27-28-24(29)34-14-20(30)26-22-21(23(31)32-7)15(2)16(3)35-22/h9-12H,8,13-14H2,1-7H3,(H,26,30). The third kappa shape index (κ3) is 6.43. The lowest BCUT2D eigenvalue weighted by molar-refractivity contribution is -0.113. The lowest BCUT2D eigenvalue weighted by Gasteiger charge is -2.19. The number of hydrogen-bond acceptors (Lipinski definition) is 8. The summed E-state index contributed by atoms with van der Waals surface area (Å²) >= 11 is 2.65. The molecule has 0 aliphatic rings. The third-order valence-electron chi connectivity index (χ3n) is 5.56. The SMILES string of the molecule is CCn1c(COc2ccc(C(C)(C)C)cc2)nnc1SCC(=O)Nc1sc(C)c(C)c1C(=O)OC. The van der Waals surface area contributed by atoms with E-state index in [9.17, 15) is 9.59 Å². The highest BCUT2D eigenvalue weighted by atomic mass is 32.2. The Balaban J connectivity index is 1.61. The molecule has 0 saturated heterocycles. The Kier molecular flexibility index (Phi) is 8.60. The number of methoxy groups -OCH3 is 1. The van der Waals surface area contributed by atoms with Crippen LogP contribution in [0.2, 0.25) is 0 Å².